The fourth-order valence-corrected chi connectivity index (χ4v) is 1.63. The van der Waals surface area contributed by atoms with Crippen molar-refractivity contribution in [2.45, 2.75) is 33.7 Å². The predicted octanol–water partition coefficient (Wildman–Crippen LogP) is 2.87. The molecule has 0 saturated heterocycles. The first-order chi connectivity index (χ1) is 7.64. The highest BCUT2D eigenvalue weighted by Crippen LogP contribution is 2.37. The molecule has 0 fully saturated rings. The van der Waals surface area contributed by atoms with Crippen LogP contribution < -0.4 is 5.73 Å². The van der Waals surface area contributed by atoms with Gasteiger partial charge in [-0.1, -0.05) is 20.8 Å². The van der Waals surface area contributed by atoms with E-state index in [9.17, 15) is 9.90 Å². The lowest BCUT2D eigenvalue weighted by molar-refractivity contribution is 0.0696. The van der Waals surface area contributed by atoms with Crippen LogP contribution in [-0.4, -0.2) is 16.2 Å². The third-order valence-electron chi connectivity index (χ3n) is 2.84. The Morgan fingerprint density at radius 2 is 1.83 bits per heavy atom. The first kappa shape index (κ1) is 16.7. The van der Waals surface area contributed by atoms with Crippen molar-refractivity contribution in [3.63, 3.8) is 0 Å². The molecule has 0 saturated carbocycles. The van der Waals surface area contributed by atoms with Gasteiger partial charge in [0.05, 0.1) is 5.56 Å². The van der Waals surface area contributed by atoms with Crippen LogP contribution in [0.5, 0.6) is 5.75 Å². The molecule has 1 aromatic carbocycles. The zero-order valence-corrected chi connectivity index (χ0v) is 11.8. The minimum Gasteiger partial charge on any atom is -0.507 e. The Hall–Kier alpha value is -1.26. The summed E-state index contributed by atoms with van der Waals surface area (Å²) in [6.45, 7) is 7.50. The van der Waals surface area contributed by atoms with E-state index in [-0.39, 0.29) is 29.1 Å². The number of halogens is 1. The van der Waals surface area contributed by atoms with Crippen molar-refractivity contribution in [2.75, 3.05) is 0 Å². The van der Waals surface area contributed by atoms with Crippen molar-refractivity contribution >= 4 is 18.4 Å². The Kier molecular flexibility index (Phi) is 5.20. The van der Waals surface area contributed by atoms with Crippen LogP contribution in [0.4, 0.5) is 0 Å². The number of phenols is 1. The van der Waals surface area contributed by atoms with E-state index in [0.717, 1.165) is 0 Å². The fraction of sp³-hybridized carbons (Fsp3) is 0.462. The molecule has 0 bridgehead atoms. The topological polar surface area (TPSA) is 83.5 Å². The zero-order chi connectivity index (χ0) is 13.4. The number of benzene rings is 1. The van der Waals surface area contributed by atoms with Gasteiger partial charge in [-0.15, -0.1) is 12.4 Å². The van der Waals surface area contributed by atoms with E-state index in [1.54, 1.807) is 6.92 Å². The lowest BCUT2D eigenvalue weighted by Crippen LogP contribution is -2.26. The molecule has 4 nitrogen and oxygen atoms in total. The summed E-state index contributed by atoms with van der Waals surface area (Å²) in [6, 6.07) is 2.47. The van der Waals surface area contributed by atoms with Crippen LogP contribution in [0.15, 0.2) is 12.1 Å². The van der Waals surface area contributed by atoms with E-state index in [0.29, 0.717) is 11.1 Å². The summed E-state index contributed by atoms with van der Waals surface area (Å²) < 4.78 is 0. The number of nitrogens with two attached hydrogens (primary N) is 1. The Morgan fingerprint density at radius 1 is 1.33 bits per heavy atom. The molecule has 0 amide bonds. The molecular weight excluding hydrogens is 254 g/mol. The second-order valence-corrected chi connectivity index (χ2v) is 5.38. The zero-order valence-electron chi connectivity index (χ0n) is 11.0. The molecule has 0 heterocycles. The number of aromatic carboxylic acids is 1. The summed E-state index contributed by atoms with van der Waals surface area (Å²) in [6.07, 6.45) is 0. The second-order valence-electron chi connectivity index (χ2n) is 5.38. The predicted molar refractivity (Wildman–Crippen MR) is 73.4 cm³/mol. The number of carbonyl (C=O) groups is 1. The molecule has 1 rings (SSSR count). The highest BCUT2D eigenvalue weighted by molar-refractivity contribution is 5.88. The third-order valence-corrected chi connectivity index (χ3v) is 2.84. The molecule has 0 radical (unpaired) electrons. The normalized spacial score (nSPS) is 12.7. The quantitative estimate of drug-likeness (QED) is 0.774. The second kappa shape index (κ2) is 5.59. The molecule has 0 aromatic heterocycles. The molecule has 102 valence electrons. The van der Waals surface area contributed by atoms with Gasteiger partial charge in [-0.2, -0.15) is 0 Å². The molecule has 0 unspecified atom stereocenters. The standard InChI is InChI=1S/C13H19NO3.ClH/c1-7-5-8(12(16)17)6-9(10(7)15)11(14)13(2,3)4;/h5-6,11,15H,14H2,1-4H3,(H,16,17);1H/t11-;/m0./s1. The van der Waals surface area contributed by atoms with Crippen LogP contribution in [0.3, 0.4) is 0 Å². The molecule has 1 aromatic rings. The van der Waals surface area contributed by atoms with E-state index in [2.05, 4.69) is 0 Å². The van der Waals surface area contributed by atoms with E-state index in [1.165, 1.54) is 12.1 Å². The van der Waals surface area contributed by atoms with Gasteiger partial charge >= 0.3 is 5.97 Å². The van der Waals surface area contributed by atoms with E-state index < -0.39 is 12.0 Å². The minimum absolute atomic E-state index is 0. The number of aryl methyl sites for hydroxylation is 1. The minimum atomic E-state index is -1.02. The number of aromatic hydroxyl groups is 1. The van der Waals surface area contributed by atoms with Crippen LogP contribution in [0, 0.1) is 12.3 Å². The Balaban J connectivity index is 0.00000289. The van der Waals surface area contributed by atoms with Gasteiger partial charge in [0.1, 0.15) is 5.75 Å². The van der Waals surface area contributed by atoms with Crippen molar-refractivity contribution in [2.24, 2.45) is 11.1 Å². The van der Waals surface area contributed by atoms with Gasteiger partial charge in [0.15, 0.2) is 0 Å². The van der Waals surface area contributed by atoms with Crippen molar-refractivity contribution in [3.8, 4) is 5.75 Å². The summed E-state index contributed by atoms with van der Waals surface area (Å²) in [7, 11) is 0. The van der Waals surface area contributed by atoms with Crippen LogP contribution in [0.2, 0.25) is 0 Å². The summed E-state index contributed by atoms with van der Waals surface area (Å²) in [5.41, 5.74) is 6.97. The van der Waals surface area contributed by atoms with Crippen molar-refractivity contribution in [3.05, 3.63) is 28.8 Å². The molecule has 18 heavy (non-hydrogen) atoms. The van der Waals surface area contributed by atoms with Crippen LogP contribution in [-0.2, 0) is 0 Å². The van der Waals surface area contributed by atoms with Gasteiger partial charge in [-0.05, 0) is 30.0 Å². The Morgan fingerprint density at radius 3 is 2.22 bits per heavy atom. The lowest BCUT2D eigenvalue weighted by atomic mass is 9.81. The average molecular weight is 274 g/mol. The summed E-state index contributed by atoms with van der Waals surface area (Å²) in [5.74, 6) is -0.937. The van der Waals surface area contributed by atoms with Gasteiger partial charge in [0.25, 0.3) is 0 Å². The maximum absolute atomic E-state index is 11.0. The number of hydrogen-bond acceptors (Lipinski definition) is 3. The van der Waals surface area contributed by atoms with Crippen LogP contribution in [0.25, 0.3) is 0 Å². The summed E-state index contributed by atoms with van der Waals surface area (Å²) >= 11 is 0. The first-order valence-electron chi connectivity index (χ1n) is 5.47. The fourth-order valence-electron chi connectivity index (χ4n) is 1.63. The van der Waals surface area contributed by atoms with Crippen molar-refractivity contribution < 1.29 is 15.0 Å². The molecule has 0 aliphatic rings. The van der Waals surface area contributed by atoms with Gasteiger partial charge in [0.2, 0.25) is 0 Å². The van der Waals surface area contributed by atoms with Gasteiger partial charge < -0.3 is 15.9 Å². The third kappa shape index (κ3) is 3.37. The summed E-state index contributed by atoms with van der Waals surface area (Å²) in [5, 5.41) is 19.0. The number of rotatable bonds is 2. The van der Waals surface area contributed by atoms with Gasteiger partial charge in [0, 0.05) is 11.6 Å². The summed E-state index contributed by atoms with van der Waals surface area (Å²) in [4.78, 5) is 11.0. The van der Waals surface area contributed by atoms with Crippen LogP contribution >= 0.6 is 12.4 Å². The van der Waals surface area contributed by atoms with Gasteiger partial charge in [-0.3, -0.25) is 0 Å². The maximum atomic E-state index is 11.0. The molecule has 0 aliphatic heterocycles. The lowest BCUT2D eigenvalue weighted by Gasteiger charge is -2.28. The Labute approximate surface area is 113 Å². The molecule has 0 aliphatic carbocycles. The molecule has 1 atom stereocenters. The highest BCUT2D eigenvalue weighted by Gasteiger charge is 2.26. The number of phenolic OH excluding ortho intramolecular Hbond substituents is 1. The largest absolute Gasteiger partial charge is 0.507 e. The average Bonchev–Trinajstić information content (AvgIpc) is 2.19. The molecule has 4 N–H and O–H groups in total. The SMILES string of the molecule is Cc1cc(C(=O)O)cc([C@H](N)C(C)(C)C)c1O.Cl. The number of carboxylic acids is 1. The van der Waals surface area contributed by atoms with E-state index in [1.807, 2.05) is 20.8 Å². The van der Waals surface area contributed by atoms with E-state index >= 15 is 0 Å². The van der Waals surface area contributed by atoms with E-state index in [4.69, 9.17) is 10.8 Å². The van der Waals surface area contributed by atoms with Crippen molar-refractivity contribution in [1.82, 2.24) is 0 Å². The molecule has 5 heteroatoms. The van der Waals surface area contributed by atoms with Gasteiger partial charge in [-0.25, -0.2) is 4.79 Å². The highest BCUT2D eigenvalue weighted by atomic mass is 35.5. The number of carboxylic acid groups (broad SMARTS) is 1. The monoisotopic (exact) mass is 273 g/mol. The van der Waals surface area contributed by atoms with Crippen LogP contribution in [0.1, 0.15) is 48.3 Å². The molecule has 0 spiro atoms. The smallest absolute Gasteiger partial charge is 0.335 e. The maximum Gasteiger partial charge on any atom is 0.335 e. The first-order valence-corrected chi connectivity index (χ1v) is 5.47. The molecular formula is C13H20ClNO3. The number of hydrogen-bond donors (Lipinski definition) is 3. The Bertz CT molecular complexity index is 452. The van der Waals surface area contributed by atoms with Crippen molar-refractivity contribution in [1.29, 1.82) is 0 Å².